The van der Waals surface area contributed by atoms with Gasteiger partial charge in [-0.3, -0.25) is 10.1 Å². The number of methoxy groups -OCH3 is 1. The van der Waals surface area contributed by atoms with E-state index in [1.165, 1.54) is 25.3 Å². The number of halogens is 4. The van der Waals surface area contributed by atoms with Gasteiger partial charge in [0.15, 0.2) is 6.29 Å². The molecule has 164 valence electrons. The lowest BCUT2D eigenvalue weighted by Crippen LogP contribution is -2.23. The predicted octanol–water partition coefficient (Wildman–Crippen LogP) is 5.33. The Kier molecular flexibility index (Phi) is 8.09. The SMILES string of the molecule is CCOC(COc1cc(Oc2ccc(OC(F)(F)F)cc2Cl)ccc1[N+](=O)[O-])OC. The van der Waals surface area contributed by atoms with E-state index in [1.54, 1.807) is 6.92 Å². The van der Waals surface area contributed by atoms with Gasteiger partial charge < -0.3 is 23.7 Å². The van der Waals surface area contributed by atoms with Crippen molar-refractivity contribution in [2.75, 3.05) is 20.3 Å². The molecule has 0 aromatic heterocycles. The molecule has 0 aliphatic carbocycles. The highest BCUT2D eigenvalue weighted by molar-refractivity contribution is 6.32. The molecule has 0 heterocycles. The molecular formula is C18H17ClF3NO7. The molecule has 0 aliphatic heterocycles. The summed E-state index contributed by atoms with van der Waals surface area (Å²) in [5.74, 6) is -0.524. The third kappa shape index (κ3) is 6.94. The van der Waals surface area contributed by atoms with Crippen molar-refractivity contribution in [3.63, 3.8) is 0 Å². The fourth-order valence-corrected chi connectivity index (χ4v) is 2.45. The van der Waals surface area contributed by atoms with Gasteiger partial charge in [0.1, 0.15) is 23.9 Å². The summed E-state index contributed by atoms with van der Waals surface area (Å²) in [7, 11) is 1.39. The van der Waals surface area contributed by atoms with Crippen LogP contribution in [0.4, 0.5) is 18.9 Å². The van der Waals surface area contributed by atoms with E-state index in [0.717, 1.165) is 18.2 Å². The molecule has 2 aromatic rings. The van der Waals surface area contributed by atoms with Gasteiger partial charge in [-0.1, -0.05) is 11.6 Å². The fourth-order valence-electron chi connectivity index (χ4n) is 2.24. The largest absolute Gasteiger partial charge is 0.573 e. The number of rotatable bonds is 10. The average molecular weight is 452 g/mol. The molecule has 12 heteroatoms. The standard InChI is InChI=1S/C18H17ClF3NO7/c1-3-27-17(26-2)10-28-16-9-11(4-6-14(16)23(24)25)29-15-7-5-12(8-13(15)19)30-18(20,21)22/h4-9,17H,3,10H2,1-2H3. The molecule has 2 rings (SSSR count). The van der Waals surface area contributed by atoms with Gasteiger partial charge in [0.2, 0.25) is 5.75 Å². The number of nitro groups is 1. The highest BCUT2D eigenvalue weighted by Gasteiger charge is 2.31. The maximum Gasteiger partial charge on any atom is 0.573 e. The molecule has 30 heavy (non-hydrogen) atoms. The second kappa shape index (κ2) is 10.3. The van der Waals surface area contributed by atoms with Crippen LogP contribution in [0.2, 0.25) is 5.02 Å². The molecule has 0 saturated carbocycles. The lowest BCUT2D eigenvalue weighted by molar-refractivity contribution is -0.386. The Morgan fingerprint density at radius 1 is 1.13 bits per heavy atom. The number of alkyl halides is 3. The Balaban J connectivity index is 2.21. The molecular weight excluding hydrogens is 435 g/mol. The van der Waals surface area contributed by atoms with Gasteiger partial charge in [-0.15, -0.1) is 13.2 Å². The van der Waals surface area contributed by atoms with Gasteiger partial charge in [-0.25, -0.2) is 0 Å². The van der Waals surface area contributed by atoms with Crippen LogP contribution in [0.1, 0.15) is 6.92 Å². The summed E-state index contributed by atoms with van der Waals surface area (Å²) in [6, 6.07) is 6.80. The number of ether oxygens (including phenoxy) is 5. The van der Waals surface area contributed by atoms with Crippen molar-refractivity contribution in [2.24, 2.45) is 0 Å². The molecule has 1 atom stereocenters. The van der Waals surface area contributed by atoms with Crippen LogP contribution in [-0.4, -0.2) is 37.9 Å². The molecule has 0 N–H and O–H groups in total. The first-order valence-corrected chi connectivity index (χ1v) is 8.79. The maximum atomic E-state index is 12.3. The normalized spacial score (nSPS) is 12.3. The summed E-state index contributed by atoms with van der Waals surface area (Å²) in [4.78, 5) is 10.6. The Morgan fingerprint density at radius 3 is 2.40 bits per heavy atom. The van der Waals surface area contributed by atoms with Crippen molar-refractivity contribution < 1.29 is 41.8 Å². The number of hydrogen-bond donors (Lipinski definition) is 0. The van der Waals surface area contributed by atoms with Crippen molar-refractivity contribution >= 4 is 17.3 Å². The van der Waals surface area contributed by atoms with E-state index < -0.39 is 23.3 Å². The minimum absolute atomic E-state index is 0.00933. The Bertz CT molecular complexity index is 879. The van der Waals surface area contributed by atoms with Crippen molar-refractivity contribution in [3.8, 4) is 23.0 Å². The zero-order valence-corrected chi connectivity index (χ0v) is 16.5. The summed E-state index contributed by atoms with van der Waals surface area (Å²) in [6.07, 6.45) is -5.60. The molecule has 0 fully saturated rings. The molecule has 0 spiro atoms. The van der Waals surface area contributed by atoms with Gasteiger partial charge in [-0.05, 0) is 25.1 Å². The van der Waals surface area contributed by atoms with Gasteiger partial charge in [0, 0.05) is 31.9 Å². The number of nitrogens with zero attached hydrogens (tertiary/aromatic N) is 1. The van der Waals surface area contributed by atoms with Crippen LogP contribution < -0.4 is 14.2 Å². The second-order valence-corrected chi connectivity index (χ2v) is 5.97. The van der Waals surface area contributed by atoms with E-state index in [-0.39, 0.29) is 34.6 Å². The first-order chi connectivity index (χ1) is 14.1. The maximum absolute atomic E-state index is 12.3. The zero-order valence-electron chi connectivity index (χ0n) is 15.8. The second-order valence-electron chi connectivity index (χ2n) is 5.56. The molecule has 0 saturated heterocycles. The monoisotopic (exact) mass is 451 g/mol. The lowest BCUT2D eigenvalue weighted by Gasteiger charge is -2.16. The molecule has 8 nitrogen and oxygen atoms in total. The molecule has 1 unspecified atom stereocenters. The molecule has 0 amide bonds. The topological polar surface area (TPSA) is 89.3 Å². The van der Waals surface area contributed by atoms with E-state index in [9.17, 15) is 23.3 Å². The molecule has 0 aliphatic rings. The summed E-state index contributed by atoms with van der Waals surface area (Å²) >= 11 is 5.94. The summed E-state index contributed by atoms with van der Waals surface area (Å²) in [6.45, 7) is 1.97. The van der Waals surface area contributed by atoms with Gasteiger partial charge in [0.25, 0.3) is 0 Å². The lowest BCUT2D eigenvalue weighted by atomic mass is 10.2. The van der Waals surface area contributed by atoms with E-state index in [0.29, 0.717) is 6.61 Å². The highest BCUT2D eigenvalue weighted by atomic mass is 35.5. The van der Waals surface area contributed by atoms with Gasteiger partial charge in [-0.2, -0.15) is 0 Å². The van der Waals surface area contributed by atoms with Crippen LogP contribution in [0.5, 0.6) is 23.0 Å². The third-order valence-corrected chi connectivity index (χ3v) is 3.78. The van der Waals surface area contributed by atoms with Crippen LogP contribution in [0, 0.1) is 10.1 Å². The van der Waals surface area contributed by atoms with Crippen LogP contribution >= 0.6 is 11.6 Å². The summed E-state index contributed by atoms with van der Waals surface area (Å²) in [5, 5.41) is 11.1. The highest BCUT2D eigenvalue weighted by Crippen LogP contribution is 2.37. The molecule has 0 bridgehead atoms. The fraction of sp³-hybridized carbons (Fsp3) is 0.333. The predicted molar refractivity (Wildman–Crippen MR) is 99.2 cm³/mol. The Hall–Kier alpha value is -2.76. The first-order valence-electron chi connectivity index (χ1n) is 8.41. The van der Waals surface area contributed by atoms with E-state index >= 15 is 0 Å². The number of benzene rings is 2. The van der Waals surface area contributed by atoms with Crippen molar-refractivity contribution in [1.82, 2.24) is 0 Å². The van der Waals surface area contributed by atoms with Gasteiger partial charge >= 0.3 is 12.0 Å². The molecule has 2 aromatic carbocycles. The number of nitro benzene ring substituents is 1. The summed E-state index contributed by atoms with van der Waals surface area (Å²) < 4.78 is 61.9. The minimum Gasteiger partial charge on any atom is -0.481 e. The van der Waals surface area contributed by atoms with Crippen molar-refractivity contribution in [1.29, 1.82) is 0 Å². The van der Waals surface area contributed by atoms with E-state index in [4.69, 9.17) is 30.5 Å². The Labute approximate surface area is 174 Å². The first kappa shape index (κ1) is 23.5. The van der Waals surface area contributed by atoms with Gasteiger partial charge in [0.05, 0.1) is 9.95 Å². The quantitative estimate of drug-likeness (QED) is 0.274. The van der Waals surface area contributed by atoms with Crippen molar-refractivity contribution in [2.45, 2.75) is 19.6 Å². The van der Waals surface area contributed by atoms with Crippen LogP contribution in [-0.2, 0) is 9.47 Å². The zero-order chi connectivity index (χ0) is 22.3. The van der Waals surface area contributed by atoms with Crippen LogP contribution in [0.15, 0.2) is 36.4 Å². The average Bonchev–Trinajstić information content (AvgIpc) is 2.66. The smallest absolute Gasteiger partial charge is 0.481 e. The summed E-state index contributed by atoms with van der Waals surface area (Å²) in [5.41, 5.74) is -0.325. The third-order valence-electron chi connectivity index (χ3n) is 3.48. The number of hydrogen-bond acceptors (Lipinski definition) is 7. The molecule has 0 radical (unpaired) electrons. The van der Waals surface area contributed by atoms with E-state index in [1.807, 2.05) is 0 Å². The van der Waals surface area contributed by atoms with Crippen LogP contribution in [0.3, 0.4) is 0 Å². The van der Waals surface area contributed by atoms with Crippen molar-refractivity contribution in [3.05, 3.63) is 51.5 Å². The van der Waals surface area contributed by atoms with Crippen LogP contribution in [0.25, 0.3) is 0 Å². The minimum atomic E-state index is -4.86. The Morgan fingerprint density at radius 2 is 1.83 bits per heavy atom. The van der Waals surface area contributed by atoms with E-state index in [2.05, 4.69) is 4.74 Å².